The molecule has 8 nitrogen and oxygen atoms in total. The summed E-state index contributed by atoms with van der Waals surface area (Å²) in [5.41, 5.74) is 0.701. The molecular weight excluding hydrogens is 356 g/mol. The van der Waals surface area contributed by atoms with E-state index >= 15 is 0 Å². The van der Waals surface area contributed by atoms with Gasteiger partial charge in [-0.15, -0.1) is 0 Å². The van der Waals surface area contributed by atoms with Crippen LogP contribution in [0, 0.1) is 0 Å². The number of fused-ring (bicyclic) bond motifs is 1. The van der Waals surface area contributed by atoms with Crippen molar-refractivity contribution in [3.05, 3.63) is 28.7 Å². The lowest BCUT2D eigenvalue weighted by molar-refractivity contribution is -0.122. The van der Waals surface area contributed by atoms with Crippen LogP contribution in [0.4, 0.5) is 0 Å². The third-order valence-corrected chi connectivity index (χ3v) is 6.22. The minimum atomic E-state index is -3.64. The van der Waals surface area contributed by atoms with Gasteiger partial charge >= 0.3 is 5.69 Å². The van der Waals surface area contributed by atoms with Crippen LogP contribution in [0.25, 0.3) is 11.0 Å². The molecule has 1 aromatic carbocycles. The van der Waals surface area contributed by atoms with Crippen LogP contribution in [0.15, 0.2) is 27.9 Å². The van der Waals surface area contributed by atoms with E-state index in [4.69, 9.17) is 0 Å². The van der Waals surface area contributed by atoms with Crippen LogP contribution in [0.3, 0.4) is 0 Å². The van der Waals surface area contributed by atoms with Crippen molar-refractivity contribution < 1.29 is 13.2 Å². The number of hydrogen-bond donors (Lipinski definition) is 1. The van der Waals surface area contributed by atoms with Crippen molar-refractivity contribution in [1.29, 1.82) is 0 Å². The lowest BCUT2D eigenvalue weighted by Crippen LogP contribution is -2.37. The second-order valence-electron chi connectivity index (χ2n) is 6.43. The van der Waals surface area contributed by atoms with Gasteiger partial charge in [-0.1, -0.05) is 6.92 Å². The first-order valence-corrected chi connectivity index (χ1v) is 10.0. The Balaban J connectivity index is 2.60. The molecule has 0 bridgehead atoms. The second-order valence-corrected chi connectivity index (χ2v) is 8.58. The van der Waals surface area contributed by atoms with E-state index in [1.54, 1.807) is 6.07 Å². The SMILES string of the molecule is CC[C@@H](C)NC(=O)Cn1c(=O)n(CC)c2ccc(S(=O)(=O)N(C)C)cc21. The average molecular weight is 382 g/mol. The first-order valence-electron chi connectivity index (χ1n) is 8.58. The number of carbonyl (C=O) groups is 1. The van der Waals surface area contributed by atoms with Gasteiger partial charge in [-0.05, 0) is 38.5 Å². The summed E-state index contributed by atoms with van der Waals surface area (Å²) in [6, 6.07) is 4.55. The zero-order valence-electron chi connectivity index (χ0n) is 15.8. The van der Waals surface area contributed by atoms with Crippen molar-refractivity contribution in [3.8, 4) is 0 Å². The number of amides is 1. The maximum absolute atomic E-state index is 12.7. The Kier molecular flexibility index (Phi) is 5.92. The molecular formula is C17H26N4O4S. The van der Waals surface area contributed by atoms with Crippen molar-refractivity contribution in [2.45, 2.75) is 51.2 Å². The molecule has 26 heavy (non-hydrogen) atoms. The molecule has 0 aliphatic carbocycles. The van der Waals surface area contributed by atoms with Crippen LogP contribution in [-0.4, -0.2) is 47.9 Å². The van der Waals surface area contributed by atoms with E-state index in [-0.39, 0.29) is 29.1 Å². The zero-order valence-corrected chi connectivity index (χ0v) is 16.6. The summed E-state index contributed by atoms with van der Waals surface area (Å²) in [4.78, 5) is 25.0. The largest absolute Gasteiger partial charge is 0.352 e. The molecule has 1 N–H and O–H groups in total. The average Bonchev–Trinajstić information content (AvgIpc) is 2.85. The van der Waals surface area contributed by atoms with Crippen molar-refractivity contribution in [2.24, 2.45) is 0 Å². The quantitative estimate of drug-likeness (QED) is 0.773. The summed E-state index contributed by atoms with van der Waals surface area (Å²) in [5.74, 6) is -0.280. The highest BCUT2D eigenvalue weighted by molar-refractivity contribution is 7.89. The van der Waals surface area contributed by atoms with Crippen molar-refractivity contribution in [1.82, 2.24) is 18.8 Å². The smallest absolute Gasteiger partial charge is 0.329 e. The molecule has 0 saturated carbocycles. The molecule has 2 rings (SSSR count). The van der Waals surface area contributed by atoms with E-state index in [0.29, 0.717) is 17.6 Å². The number of nitrogens with one attached hydrogen (secondary N) is 1. The third-order valence-electron chi connectivity index (χ3n) is 4.41. The molecule has 1 heterocycles. The van der Waals surface area contributed by atoms with Gasteiger partial charge in [0.1, 0.15) is 6.54 Å². The fraction of sp³-hybridized carbons (Fsp3) is 0.529. The van der Waals surface area contributed by atoms with Gasteiger partial charge in [0.15, 0.2) is 0 Å². The molecule has 0 aliphatic heterocycles. The molecule has 1 aromatic heterocycles. The van der Waals surface area contributed by atoms with Crippen LogP contribution in [0.2, 0.25) is 0 Å². The number of hydrogen-bond acceptors (Lipinski definition) is 4. The Morgan fingerprint density at radius 3 is 2.38 bits per heavy atom. The Morgan fingerprint density at radius 1 is 1.19 bits per heavy atom. The molecule has 0 aliphatic rings. The van der Waals surface area contributed by atoms with Gasteiger partial charge in [-0.3, -0.25) is 13.9 Å². The number of rotatable bonds is 7. The first-order chi connectivity index (χ1) is 12.1. The number of sulfonamides is 1. The Bertz CT molecular complexity index is 973. The van der Waals surface area contributed by atoms with Crippen LogP contribution >= 0.6 is 0 Å². The number of aromatic nitrogens is 2. The highest BCUT2D eigenvalue weighted by Gasteiger charge is 2.21. The fourth-order valence-corrected chi connectivity index (χ4v) is 3.62. The van der Waals surface area contributed by atoms with E-state index in [2.05, 4.69) is 5.32 Å². The molecule has 0 radical (unpaired) electrons. The first kappa shape index (κ1) is 20.2. The highest BCUT2D eigenvalue weighted by Crippen LogP contribution is 2.20. The Labute approximate surface area is 153 Å². The maximum atomic E-state index is 12.7. The van der Waals surface area contributed by atoms with Crippen molar-refractivity contribution in [3.63, 3.8) is 0 Å². The van der Waals surface area contributed by atoms with Gasteiger partial charge in [-0.25, -0.2) is 17.5 Å². The Hall–Kier alpha value is -2.13. The van der Waals surface area contributed by atoms with Gasteiger partial charge in [-0.2, -0.15) is 0 Å². The number of imidazole rings is 1. The number of nitrogens with zero attached hydrogens (tertiary/aromatic N) is 3. The number of carbonyl (C=O) groups excluding carboxylic acids is 1. The van der Waals surface area contributed by atoms with Crippen LogP contribution in [0.1, 0.15) is 27.2 Å². The zero-order chi connectivity index (χ0) is 19.6. The normalized spacial score (nSPS) is 13.3. The standard InChI is InChI=1S/C17H26N4O4S/c1-6-12(3)18-16(22)11-21-15-10-13(26(24,25)19(4)5)8-9-14(15)20(7-2)17(21)23/h8-10,12H,6-7,11H2,1-5H3,(H,18,22)/t12-/m1/s1. The van der Waals surface area contributed by atoms with Crippen molar-refractivity contribution in [2.75, 3.05) is 14.1 Å². The molecule has 0 unspecified atom stereocenters. The summed E-state index contributed by atoms with van der Waals surface area (Å²) in [6.45, 7) is 5.94. The molecule has 2 aromatic rings. The number of benzene rings is 1. The van der Waals surface area contributed by atoms with Gasteiger partial charge in [0.2, 0.25) is 15.9 Å². The van der Waals surface area contributed by atoms with Crippen LogP contribution in [-0.2, 0) is 27.9 Å². The van der Waals surface area contributed by atoms with E-state index in [9.17, 15) is 18.0 Å². The minimum absolute atomic E-state index is 0.00223. The summed E-state index contributed by atoms with van der Waals surface area (Å²) >= 11 is 0. The summed E-state index contributed by atoms with van der Waals surface area (Å²) in [5, 5.41) is 2.83. The van der Waals surface area contributed by atoms with E-state index in [1.165, 1.54) is 35.4 Å². The van der Waals surface area contributed by atoms with Gasteiger partial charge < -0.3 is 5.32 Å². The monoisotopic (exact) mass is 382 g/mol. The third kappa shape index (κ3) is 3.68. The fourth-order valence-electron chi connectivity index (χ4n) is 2.70. The second kappa shape index (κ2) is 7.63. The molecule has 144 valence electrons. The summed E-state index contributed by atoms with van der Waals surface area (Å²) in [6.07, 6.45) is 0.780. The predicted molar refractivity (Wildman–Crippen MR) is 101 cm³/mol. The highest BCUT2D eigenvalue weighted by atomic mass is 32.2. The van der Waals surface area contributed by atoms with Gasteiger partial charge in [0, 0.05) is 26.7 Å². The molecule has 0 saturated heterocycles. The van der Waals surface area contributed by atoms with E-state index in [0.717, 1.165) is 10.7 Å². The maximum Gasteiger partial charge on any atom is 0.329 e. The Morgan fingerprint density at radius 2 is 1.85 bits per heavy atom. The molecule has 9 heteroatoms. The van der Waals surface area contributed by atoms with Gasteiger partial charge in [0.25, 0.3) is 0 Å². The number of aryl methyl sites for hydroxylation is 1. The molecule has 1 atom stereocenters. The van der Waals surface area contributed by atoms with E-state index < -0.39 is 10.0 Å². The molecule has 1 amide bonds. The van der Waals surface area contributed by atoms with Crippen molar-refractivity contribution >= 4 is 27.0 Å². The summed E-state index contributed by atoms with van der Waals surface area (Å²) in [7, 11) is -0.743. The molecule has 0 fully saturated rings. The minimum Gasteiger partial charge on any atom is -0.352 e. The lowest BCUT2D eigenvalue weighted by Gasteiger charge is -2.13. The topological polar surface area (TPSA) is 93.4 Å². The van der Waals surface area contributed by atoms with Crippen LogP contribution in [0.5, 0.6) is 0 Å². The van der Waals surface area contributed by atoms with Crippen LogP contribution < -0.4 is 11.0 Å². The summed E-state index contributed by atoms with van der Waals surface area (Å²) < 4.78 is 28.8. The van der Waals surface area contributed by atoms with E-state index in [1.807, 2.05) is 20.8 Å². The lowest BCUT2D eigenvalue weighted by atomic mass is 10.2. The van der Waals surface area contributed by atoms with Gasteiger partial charge in [0.05, 0.1) is 15.9 Å². The predicted octanol–water partition coefficient (Wildman–Crippen LogP) is 0.988. The molecule has 0 spiro atoms.